The predicted octanol–water partition coefficient (Wildman–Crippen LogP) is 5.05. The fourth-order valence-corrected chi connectivity index (χ4v) is 3.11. The fraction of sp³-hybridized carbons (Fsp3) is 0.600. The highest BCUT2D eigenvalue weighted by Crippen LogP contribution is 2.41. The molecule has 0 saturated heterocycles. The van der Waals surface area contributed by atoms with Crippen LogP contribution in [0.25, 0.3) is 0 Å². The van der Waals surface area contributed by atoms with Gasteiger partial charge in [-0.15, -0.1) is 0 Å². The van der Waals surface area contributed by atoms with Crippen LogP contribution in [0, 0.1) is 0 Å². The van der Waals surface area contributed by atoms with Crippen molar-refractivity contribution in [2.24, 2.45) is 0 Å². The third-order valence-electron chi connectivity index (χ3n) is 3.06. The first-order chi connectivity index (χ1) is 9.12. The molecule has 0 fully saturated rings. The molecule has 1 aromatic carbocycles. The molecule has 19 heavy (non-hydrogen) atoms. The largest absolute Gasteiger partial charge is 0.492 e. The van der Waals surface area contributed by atoms with E-state index in [-0.39, 0.29) is 0 Å². The molecule has 1 rings (SSSR count). The molecule has 0 aliphatic heterocycles. The summed E-state index contributed by atoms with van der Waals surface area (Å²) in [5, 5.41) is 1.39. The summed E-state index contributed by atoms with van der Waals surface area (Å²) in [5.41, 5.74) is 3.06. The summed E-state index contributed by atoms with van der Waals surface area (Å²) in [6, 6.07) is 0. The van der Waals surface area contributed by atoms with Gasteiger partial charge in [-0.3, -0.25) is 0 Å². The number of halogens is 2. The molecule has 0 aliphatic carbocycles. The molecular weight excluding hydrogens is 283 g/mol. The van der Waals surface area contributed by atoms with E-state index >= 15 is 0 Å². The van der Waals surface area contributed by atoms with E-state index in [2.05, 4.69) is 13.8 Å². The van der Waals surface area contributed by atoms with Gasteiger partial charge < -0.3 is 9.47 Å². The summed E-state index contributed by atoms with van der Waals surface area (Å²) in [5.74, 6) is 0.732. The number of rotatable bonds is 7. The second-order valence-corrected chi connectivity index (χ2v) is 5.12. The Balaban J connectivity index is 3.52. The molecule has 0 unspecified atom stereocenters. The molecule has 0 N–H and O–H groups in total. The van der Waals surface area contributed by atoms with E-state index in [0.29, 0.717) is 18.2 Å². The summed E-state index contributed by atoms with van der Waals surface area (Å²) >= 11 is 13.0. The lowest BCUT2D eigenvalue weighted by Gasteiger charge is -2.20. The van der Waals surface area contributed by atoms with Crippen LogP contribution in [0.1, 0.15) is 43.9 Å². The van der Waals surface area contributed by atoms with Crippen molar-refractivity contribution in [1.82, 2.24) is 0 Å². The van der Waals surface area contributed by atoms with Crippen molar-refractivity contribution in [2.75, 3.05) is 13.7 Å². The summed E-state index contributed by atoms with van der Waals surface area (Å²) in [4.78, 5) is 0. The molecule has 0 saturated carbocycles. The van der Waals surface area contributed by atoms with Crippen molar-refractivity contribution in [1.29, 1.82) is 0 Å². The molecule has 0 radical (unpaired) electrons. The van der Waals surface area contributed by atoms with Crippen molar-refractivity contribution in [2.45, 2.75) is 46.6 Å². The topological polar surface area (TPSA) is 18.5 Å². The van der Waals surface area contributed by atoms with E-state index in [9.17, 15) is 0 Å². The van der Waals surface area contributed by atoms with Crippen LogP contribution in [0.15, 0.2) is 0 Å². The van der Waals surface area contributed by atoms with Gasteiger partial charge in [0.15, 0.2) is 0 Å². The zero-order valence-electron chi connectivity index (χ0n) is 12.1. The van der Waals surface area contributed by atoms with Gasteiger partial charge in [0.25, 0.3) is 0 Å². The minimum atomic E-state index is 0.466. The van der Waals surface area contributed by atoms with Crippen LogP contribution in [0.4, 0.5) is 0 Å². The Morgan fingerprint density at radius 3 is 2.11 bits per heavy atom. The first-order valence-corrected chi connectivity index (χ1v) is 7.51. The molecule has 108 valence electrons. The van der Waals surface area contributed by atoms with Gasteiger partial charge in [0, 0.05) is 17.7 Å². The second kappa shape index (κ2) is 7.98. The SMILES string of the molecule is CCCc1c(Cl)c(CC)c(Cl)c(OCC)c1COC. The maximum absolute atomic E-state index is 6.51. The Morgan fingerprint density at radius 2 is 1.63 bits per heavy atom. The van der Waals surface area contributed by atoms with Gasteiger partial charge in [-0.05, 0) is 30.9 Å². The normalized spacial score (nSPS) is 10.8. The minimum absolute atomic E-state index is 0.466. The van der Waals surface area contributed by atoms with Crippen molar-refractivity contribution in [3.05, 3.63) is 26.7 Å². The lowest BCUT2D eigenvalue weighted by molar-refractivity contribution is 0.179. The van der Waals surface area contributed by atoms with Crippen LogP contribution in [-0.4, -0.2) is 13.7 Å². The van der Waals surface area contributed by atoms with Crippen molar-refractivity contribution in [3.63, 3.8) is 0 Å². The van der Waals surface area contributed by atoms with E-state index in [1.54, 1.807) is 7.11 Å². The Bertz CT molecular complexity index is 398. The average molecular weight is 305 g/mol. The first-order valence-electron chi connectivity index (χ1n) is 6.75. The van der Waals surface area contributed by atoms with E-state index in [1.807, 2.05) is 6.92 Å². The van der Waals surface area contributed by atoms with Crippen LogP contribution in [0.5, 0.6) is 5.75 Å². The molecule has 0 spiro atoms. The van der Waals surface area contributed by atoms with E-state index in [4.69, 9.17) is 32.7 Å². The highest BCUT2D eigenvalue weighted by Gasteiger charge is 2.21. The van der Waals surface area contributed by atoms with E-state index in [0.717, 1.165) is 46.7 Å². The van der Waals surface area contributed by atoms with Crippen LogP contribution in [-0.2, 0) is 24.2 Å². The van der Waals surface area contributed by atoms with Gasteiger partial charge in [0.05, 0.1) is 18.2 Å². The van der Waals surface area contributed by atoms with E-state index in [1.165, 1.54) is 0 Å². The van der Waals surface area contributed by atoms with Crippen molar-refractivity contribution < 1.29 is 9.47 Å². The van der Waals surface area contributed by atoms with E-state index < -0.39 is 0 Å². The predicted molar refractivity (Wildman–Crippen MR) is 81.7 cm³/mol. The van der Waals surface area contributed by atoms with Crippen molar-refractivity contribution >= 4 is 23.2 Å². The van der Waals surface area contributed by atoms with Gasteiger partial charge >= 0.3 is 0 Å². The van der Waals surface area contributed by atoms with Crippen LogP contribution in [0.2, 0.25) is 10.0 Å². The summed E-state index contributed by atoms with van der Waals surface area (Å²) in [7, 11) is 1.67. The zero-order valence-corrected chi connectivity index (χ0v) is 13.6. The lowest BCUT2D eigenvalue weighted by Crippen LogP contribution is -2.07. The standard InChI is InChI=1S/C15H22Cl2O2/c1-5-8-11-12(9-18-4)15(19-7-3)14(17)10(6-2)13(11)16/h5-9H2,1-4H3. The monoisotopic (exact) mass is 304 g/mol. The molecule has 4 heteroatoms. The molecule has 2 nitrogen and oxygen atoms in total. The quantitative estimate of drug-likeness (QED) is 0.701. The molecule has 0 amide bonds. The molecule has 0 aliphatic rings. The van der Waals surface area contributed by atoms with Crippen LogP contribution >= 0.6 is 23.2 Å². The fourth-order valence-electron chi connectivity index (χ4n) is 2.23. The molecule has 1 aromatic rings. The number of hydrogen-bond donors (Lipinski definition) is 0. The number of methoxy groups -OCH3 is 1. The van der Waals surface area contributed by atoms with Crippen LogP contribution < -0.4 is 4.74 Å². The zero-order chi connectivity index (χ0) is 14.4. The molecular formula is C15H22Cl2O2. The third kappa shape index (κ3) is 3.56. The van der Waals surface area contributed by atoms with Gasteiger partial charge in [-0.1, -0.05) is 43.5 Å². The Labute approximate surface area is 126 Å². The molecule has 0 bridgehead atoms. The van der Waals surface area contributed by atoms with Gasteiger partial charge in [0.1, 0.15) is 5.75 Å². The Hall–Kier alpha value is -0.440. The summed E-state index contributed by atoms with van der Waals surface area (Å²) in [6.07, 6.45) is 2.72. The maximum atomic E-state index is 6.51. The van der Waals surface area contributed by atoms with Gasteiger partial charge in [-0.25, -0.2) is 0 Å². The Morgan fingerprint density at radius 1 is 0.947 bits per heavy atom. The van der Waals surface area contributed by atoms with Crippen LogP contribution in [0.3, 0.4) is 0 Å². The highest BCUT2D eigenvalue weighted by atomic mass is 35.5. The first kappa shape index (κ1) is 16.6. The molecule has 0 heterocycles. The van der Waals surface area contributed by atoms with Gasteiger partial charge in [0.2, 0.25) is 0 Å². The third-order valence-corrected chi connectivity index (χ3v) is 3.92. The smallest absolute Gasteiger partial charge is 0.144 e. The van der Waals surface area contributed by atoms with Gasteiger partial charge in [-0.2, -0.15) is 0 Å². The minimum Gasteiger partial charge on any atom is -0.492 e. The molecule has 0 aromatic heterocycles. The maximum Gasteiger partial charge on any atom is 0.144 e. The highest BCUT2D eigenvalue weighted by molar-refractivity contribution is 6.37. The second-order valence-electron chi connectivity index (χ2n) is 4.36. The number of benzene rings is 1. The number of hydrogen-bond acceptors (Lipinski definition) is 2. The van der Waals surface area contributed by atoms with Crippen molar-refractivity contribution in [3.8, 4) is 5.75 Å². The average Bonchev–Trinajstić information content (AvgIpc) is 2.39. The summed E-state index contributed by atoms with van der Waals surface area (Å²) in [6.45, 7) is 7.18. The summed E-state index contributed by atoms with van der Waals surface area (Å²) < 4.78 is 11.0. The lowest BCUT2D eigenvalue weighted by atomic mass is 9.97. The number of ether oxygens (including phenoxy) is 2. The Kier molecular flexibility index (Phi) is 6.98. The molecule has 0 atom stereocenters.